The van der Waals surface area contributed by atoms with Crippen molar-refractivity contribution in [2.24, 2.45) is 16.8 Å². The highest BCUT2D eigenvalue weighted by molar-refractivity contribution is 8.18. The normalized spacial score (nSPS) is 22.5. The number of thioether (sulfide) groups is 1. The highest BCUT2D eigenvalue weighted by atomic mass is 32.2. The van der Waals surface area contributed by atoms with Gasteiger partial charge in [0.15, 0.2) is 5.78 Å². The summed E-state index contributed by atoms with van der Waals surface area (Å²) in [6.45, 7) is 1.84. The number of hydrogen-bond donors (Lipinski definition) is 1. The molecule has 1 aromatic rings. The number of nitrogens with zero attached hydrogens (tertiary/aromatic N) is 2. The predicted octanol–water partition coefficient (Wildman–Crippen LogP) is 5.28. The van der Waals surface area contributed by atoms with Gasteiger partial charge in [-0.3, -0.25) is 19.5 Å². The van der Waals surface area contributed by atoms with Crippen molar-refractivity contribution in [3.8, 4) is 0 Å². The molecule has 0 spiro atoms. The zero-order chi connectivity index (χ0) is 26.8. The molecule has 202 valence electrons. The molecular formula is C24H25F6N3O3S. The van der Waals surface area contributed by atoms with Crippen molar-refractivity contribution in [3.05, 3.63) is 45.9 Å². The summed E-state index contributed by atoms with van der Waals surface area (Å²) in [5.74, 6) is 0.556. The largest absolute Gasteiger partial charge is 0.416 e. The summed E-state index contributed by atoms with van der Waals surface area (Å²) in [5, 5.41) is 2.34. The number of hydrogen-bond acceptors (Lipinski definition) is 6. The van der Waals surface area contributed by atoms with Gasteiger partial charge < -0.3 is 10.1 Å². The van der Waals surface area contributed by atoms with E-state index in [1.165, 1.54) is 0 Å². The Hall–Kier alpha value is -2.38. The lowest BCUT2D eigenvalue weighted by molar-refractivity contribution is -0.143. The number of carbonyl (C=O) groups is 2. The minimum Gasteiger partial charge on any atom is -0.381 e. The van der Waals surface area contributed by atoms with Crippen LogP contribution in [0.15, 0.2) is 34.2 Å². The number of amidine groups is 1. The Kier molecular flexibility index (Phi) is 8.34. The summed E-state index contributed by atoms with van der Waals surface area (Å²) in [7, 11) is 0. The molecule has 0 unspecified atom stereocenters. The number of benzene rings is 1. The van der Waals surface area contributed by atoms with Crippen molar-refractivity contribution < 1.29 is 40.7 Å². The number of ether oxygens (including phenoxy) is 1. The van der Waals surface area contributed by atoms with E-state index in [-0.39, 0.29) is 47.6 Å². The standard InChI is InChI=1S/C24H25F6N3O3S/c25-23(26,27)17-2-1-16(19(9-17)24(28,29)30)11-33-5-3-14(4-6-33)8-20-21(32-22(35)37-20)31-10-18(34)7-15-12-36-13-15/h1-2,8-9,14-15H,3-7,10-13H2,(H,31,32,35)/b20-8-. The van der Waals surface area contributed by atoms with Crippen molar-refractivity contribution in [3.63, 3.8) is 0 Å². The molecule has 3 heterocycles. The van der Waals surface area contributed by atoms with E-state index in [0.717, 1.165) is 17.8 Å². The Labute approximate surface area is 213 Å². The van der Waals surface area contributed by atoms with E-state index >= 15 is 0 Å². The number of allylic oxidation sites excluding steroid dienone is 1. The second-order valence-electron chi connectivity index (χ2n) is 9.34. The Balaban J connectivity index is 1.36. The van der Waals surface area contributed by atoms with Gasteiger partial charge in [0.2, 0.25) is 0 Å². The number of halogens is 6. The van der Waals surface area contributed by atoms with Crippen molar-refractivity contribution in [1.82, 2.24) is 10.2 Å². The lowest BCUT2D eigenvalue weighted by atomic mass is 9.95. The molecule has 1 amide bonds. The maximum atomic E-state index is 13.5. The Morgan fingerprint density at radius 1 is 1.14 bits per heavy atom. The summed E-state index contributed by atoms with van der Waals surface area (Å²) in [4.78, 5) is 30.6. The fraction of sp³-hybridized carbons (Fsp3) is 0.542. The average Bonchev–Trinajstić information content (AvgIpc) is 3.13. The monoisotopic (exact) mass is 549 g/mol. The topological polar surface area (TPSA) is 71.0 Å². The Bertz CT molecular complexity index is 1090. The zero-order valence-electron chi connectivity index (χ0n) is 19.6. The number of aliphatic imine (C=N–C) groups is 1. The second kappa shape index (κ2) is 11.2. The van der Waals surface area contributed by atoms with Gasteiger partial charge in [-0.25, -0.2) is 0 Å². The predicted molar refractivity (Wildman–Crippen MR) is 125 cm³/mol. The second-order valence-corrected chi connectivity index (χ2v) is 10.4. The van der Waals surface area contributed by atoms with Crippen molar-refractivity contribution in [2.45, 2.75) is 38.2 Å². The van der Waals surface area contributed by atoms with Gasteiger partial charge in [-0.2, -0.15) is 26.3 Å². The van der Waals surface area contributed by atoms with Crippen molar-refractivity contribution in [2.75, 3.05) is 32.8 Å². The quantitative estimate of drug-likeness (QED) is 0.469. The molecule has 0 aliphatic carbocycles. The molecule has 0 atom stereocenters. The van der Waals surface area contributed by atoms with Crippen LogP contribution in [-0.2, 0) is 28.4 Å². The van der Waals surface area contributed by atoms with Crippen LogP contribution in [0.3, 0.4) is 0 Å². The third kappa shape index (κ3) is 7.35. The van der Waals surface area contributed by atoms with Gasteiger partial charge in [0.25, 0.3) is 5.24 Å². The number of ketones is 1. The number of nitrogens with one attached hydrogen (secondary N) is 1. The Morgan fingerprint density at radius 3 is 2.43 bits per heavy atom. The molecule has 1 N–H and O–H groups in total. The maximum Gasteiger partial charge on any atom is 0.416 e. The number of Topliss-reactive ketones (excluding diaryl/α,β-unsaturated/α-hetero) is 1. The van der Waals surface area contributed by atoms with Crippen LogP contribution in [0.5, 0.6) is 0 Å². The zero-order valence-corrected chi connectivity index (χ0v) is 20.4. The minimum absolute atomic E-state index is 0.0363. The first kappa shape index (κ1) is 27.6. The molecule has 0 bridgehead atoms. The van der Waals surface area contributed by atoms with Gasteiger partial charge in [0.1, 0.15) is 5.84 Å². The third-order valence-electron chi connectivity index (χ3n) is 6.45. The highest BCUT2D eigenvalue weighted by Gasteiger charge is 2.38. The van der Waals surface area contributed by atoms with Crippen LogP contribution in [0.4, 0.5) is 31.1 Å². The van der Waals surface area contributed by atoms with Crippen LogP contribution >= 0.6 is 11.8 Å². The maximum absolute atomic E-state index is 13.5. The molecule has 0 radical (unpaired) electrons. The summed E-state index contributed by atoms with van der Waals surface area (Å²) < 4.78 is 84.2. The number of carbonyl (C=O) groups excluding carboxylic acids is 2. The number of piperidine rings is 1. The number of alkyl halides is 6. The first-order valence-corrected chi connectivity index (χ1v) is 12.5. The molecule has 1 aromatic carbocycles. The van der Waals surface area contributed by atoms with E-state index in [1.807, 2.05) is 6.08 Å². The molecule has 3 aliphatic rings. The molecule has 3 saturated heterocycles. The van der Waals surface area contributed by atoms with Crippen LogP contribution in [-0.4, -0.2) is 54.6 Å². The molecule has 3 fully saturated rings. The van der Waals surface area contributed by atoms with Crippen LogP contribution in [0, 0.1) is 11.8 Å². The number of rotatable bonds is 7. The van der Waals surface area contributed by atoms with Crippen molar-refractivity contribution in [1.29, 1.82) is 0 Å². The van der Waals surface area contributed by atoms with Gasteiger partial charge in [-0.05, 0) is 61.3 Å². The highest BCUT2D eigenvalue weighted by Crippen LogP contribution is 2.38. The van der Waals surface area contributed by atoms with Gasteiger partial charge >= 0.3 is 12.4 Å². The summed E-state index contributed by atoms with van der Waals surface area (Å²) >= 11 is 0.978. The SMILES string of the molecule is O=C(CN=C1NC(=O)S/C1=C\C1CCN(Cc2ccc(C(F)(F)F)cc2C(F)(F)F)CC1)CC1COC1. The van der Waals surface area contributed by atoms with E-state index in [4.69, 9.17) is 4.74 Å². The Morgan fingerprint density at radius 2 is 1.84 bits per heavy atom. The van der Waals surface area contributed by atoms with E-state index in [1.54, 1.807) is 4.90 Å². The molecule has 13 heteroatoms. The molecule has 6 nitrogen and oxygen atoms in total. The molecule has 0 aromatic heterocycles. The van der Waals surface area contributed by atoms with Gasteiger partial charge in [0.05, 0.1) is 35.8 Å². The van der Waals surface area contributed by atoms with Crippen LogP contribution in [0.1, 0.15) is 36.0 Å². The fourth-order valence-corrected chi connectivity index (χ4v) is 5.23. The lowest BCUT2D eigenvalue weighted by Crippen LogP contribution is -2.33. The van der Waals surface area contributed by atoms with E-state index in [2.05, 4.69) is 10.3 Å². The summed E-state index contributed by atoms with van der Waals surface area (Å²) in [5.41, 5.74) is -2.81. The molecule has 3 aliphatic heterocycles. The summed E-state index contributed by atoms with van der Waals surface area (Å²) in [6, 6.07) is 1.74. The van der Waals surface area contributed by atoms with Crippen LogP contribution < -0.4 is 5.32 Å². The smallest absolute Gasteiger partial charge is 0.381 e. The van der Waals surface area contributed by atoms with Crippen LogP contribution in [0.25, 0.3) is 0 Å². The summed E-state index contributed by atoms with van der Waals surface area (Å²) in [6.07, 6.45) is -6.31. The van der Waals surface area contributed by atoms with Gasteiger partial charge in [-0.1, -0.05) is 12.1 Å². The first-order valence-electron chi connectivity index (χ1n) is 11.7. The van der Waals surface area contributed by atoms with E-state index < -0.39 is 23.5 Å². The molecule has 37 heavy (non-hydrogen) atoms. The van der Waals surface area contributed by atoms with Gasteiger partial charge in [-0.15, -0.1) is 0 Å². The minimum atomic E-state index is -4.90. The average molecular weight is 550 g/mol. The molecule has 0 saturated carbocycles. The lowest BCUT2D eigenvalue weighted by Gasteiger charge is -2.31. The molecular weight excluding hydrogens is 524 g/mol. The van der Waals surface area contributed by atoms with Gasteiger partial charge in [0, 0.05) is 18.9 Å². The van der Waals surface area contributed by atoms with Crippen molar-refractivity contribution >= 4 is 28.6 Å². The number of likely N-dealkylation sites (tertiary alicyclic amines) is 1. The van der Waals surface area contributed by atoms with E-state index in [0.29, 0.717) is 62.4 Å². The van der Waals surface area contributed by atoms with E-state index in [9.17, 15) is 35.9 Å². The van der Waals surface area contributed by atoms with Crippen LogP contribution in [0.2, 0.25) is 0 Å². The first-order chi connectivity index (χ1) is 17.4. The fourth-order valence-electron chi connectivity index (χ4n) is 4.41. The third-order valence-corrected chi connectivity index (χ3v) is 7.29. The number of amides is 1. The molecule has 4 rings (SSSR count).